The van der Waals surface area contributed by atoms with E-state index in [0.717, 1.165) is 45.3 Å². The summed E-state index contributed by atoms with van der Waals surface area (Å²) in [5, 5.41) is 3.56. The summed E-state index contributed by atoms with van der Waals surface area (Å²) in [6, 6.07) is 6.94. The first kappa shape index (κ1) is 21.0. The van der Waals surface area contributed by atoms with Gasteiger partial charge < -0.3 is 19.7 Å². The Morgan fingerprint density at radius 3 is 2.46 bits per heavy atom. The van der Waals surface area contributed by atoms with Gasteiger partial charge in [-0.25, -0.2) is 4.79 Å². The van der Waals surface area contributed by atoms with Crippen LogP contribution in [0.4, 0.5) is 4.79 Å². The van der Waals surface area contributed by atoms with Crippen molar-refractivity contribution in [2.75, 3.05) is 27.2 Å². The first-order chi connectivity index (χ1) is 12.5. The molecule has 1 N–H and O–H groups in total. The molecule has 146 valence electrons. The molecule has 26 heavy (non-hydrogen) atoms. The summed E-state index contributed by atoms with van der Waals surface area (Å²) < 4.78 is 11.3. The highest BCUT2D eigenvalue weighted by Crippen LogP contribution is 2.22. The minimum atomic E-state index is -0.405. The molecule has 1 saturated carbocycles. The van der Waals surface area contributed by atoms with E-state index in [1.54, 1.807) is 24.3 Å². The summed E-state index contributed by atoms with van der Waals surface area (Å²) in [6.45, 7) is 1.98. The number of carbonyl (C=O) groups excluding carboxylic acids is 1. The molecule has 0 radical (unpaired) electrons. The molecule has 0 bridgehead atoms. The number of amides is 1. The normalized spacial score (nSPS) is 20.2. The van der Waals surface area contributed by atoms with Crippen molar-refractivity contribution in [3.05, 3.63) is 29.3 Å². The number of nitrogens with zero attached hydrogens (tertiary/aromatic N) is 1. The molecule has 6 heteroatoms. The molecule has 0 unspecified atom stereocenters. The van der Waals surface area contributed by atoms with Crippen molar-refractivity contribution in [2.45, 2.75) is 57.1 Å². The van der Waals surface area contributed by atoms with Crippen LogP contribution in [-0.4, -0.2) is 50.4 Å². The molecule has 1 fully saturated rings. The lowest BCUT2D eigenvalue weighted by Crippen LogP contribution is -2.40. The van der Waals surface area contributed by atoms with Gasteiger partial charge >= 0.3 is 6.09 Å². The highest BCUT2D eigenvalue weighted by molar-refractivity contribution is 6.30. The van der Waals surface area contributed by atoms with Crippen LogP contribution in [0.3, 0.4) is 0 Å². The fourth-order valence-electron chi connectivity index (χ4n) is 3.14. The van der Waals surface area contributed by atoms with Crippen molar-refractivity contribution < 1.29 is 14.3 Å². The summed E-state index contributed by atoms with van der Waals surface area (Å²) in [5.74, 6) is 0.498. The number of rotatable bonds is 9. The lowest BCUT2D eigenvalue weighted by molar-refractivity contribution is 0.0206. The Morgan fingerprint density at radius 1 is 1.12 bits per heavy atom. The summed E-state index contributed by atoms with van der Waals surface area (Å²) in [4.78, 5) is 14.2. The maximum atomic E-state index is 12.0. The molecular weight excluding hydrogens is 352 g/mol. The summed E-state index contributed by atoms with van der Waals surface area (Å²) in [7, 11) is 4.21. The number of halogens is 1. The van der Waals surface area contributed by atoms with E-state index in [2.05, 4.69) is 24.3 Å². The number of hydrogen-bond acceptors (Lipinski definition) is 4. The van der Waals surface area contributed by atoms with Gasteiger partial charge in [0.1, 0.15) is 5.75 Å². The van der Waals surface area contributed by atoms with E-state index in [9.17, 15) is 4.79 Å². The van der Waals surface area contributed by atoms with Gasteiger partial charge in [-0.05, 0) is 89.9 Å². The molecule has 1 aromatic rings. The number of carbonyl (C=O) groups is 1. The summed E-state index contributed by atoms with van der Waals surface area (Å²) in [6.07, 6.45) is 7.33. The molecular formula is C20H31ClN2O3. The fourth-order valence-corrected chi connectivity index (χ4v) is 3.26. The second-order valence-corrected chi connectivity index (χ2v) is 7.63. The van der Waals surface area contributed by atoms with Crippen molar-refractivity contribution in [1.29, 1.82) is 0 Å². The number of benzene rings is 1. The third kappa shape index (κ3) is 8.39. The molecule has 1 aromatic carbocycles. The maximum absolute atomic E-state index is 12.0. The van der Waals surface area contributed by atoms with E-state index >= 15 is 0 Å². The minimum Gasteiger partial charge on any atom is -0.410 e. The van der Waals surface area contributed by atoms with Crippen molar-refractivity contribution in [3.63, 3.8) is 0 Å². The van der Waals surface area contributed by atoms with Gasteiger partial charge in [0.05, 0.1) is 6.10 Å². The van der Waals surface area contributed by atoms with Crippen LogP contribution in [0.1, 0.15) is 44.9 Å². The van der Waals surface area contributed by atoms with Crippen molar-refractivity contribution in [3.8, 4) is 5.75 Å². The number of nitrogens with one attached hydrogen (secondary N) is 1. The Labute approximate surface area is 162 Å². The predicted octanol–water partition coefficient (Wildman–Crippen LogP) is 4.49. The van der Waals surface area contributed by atoms with Crippen LogP contribution in [-0.2, 0) is 4.74 Å². The Balaban J connectivity index is 1.55. The third-order valence-corrected chi connectivity index (χ3v) is 4.88. The number of unbranched alkanes of at least 4 members (excludes halogenated alkanes) is 2. The zero-order valence-corrected chi connectivity index (χ0v) is 16.6. The lowest BCUT2D eigenvalue weighted by Gasteiger charge is -2.28. The van der Waals surface area contributed by atoms with Gasteiger partial charge in [-0.2, -0.15) is 0 Å². The number of hydrogen-bond donors (Lipinski definition) is 1. The molecule has 1 aliphatic carbocycles. The molecule has 0 saturated heterocycles. The fraction of sp³-hybridized carbons (Fsp3) is 0.650. The Morgan fingerprint density at radius 2 is 1.81 bits per heavy atom. The van der Waals surface area contributed by atoms with Gasteiger partial charge in [-0.1, -0.05) is 11.6 Å². The zero-order valence-electron chi connectivity index (χ0n) is 15.9. The van der Waals surface area contributed by atoms with Crippen LogP contribution >= 0.6 is 11.6 Å². The van der Waals surface area contributed by atoms with E-state index in [4.69, 9.17) is 21.1 Å². The van der Waals surface area contributed by atoms with Crippen LogP contribution in [0.15, 0.2) is 24.3 Å². The minimum absolute atomic E-state index is 0.162. The predicted molar refractivity (Wildman–Crippen MR) is 105 cm³/mol. The van der Waals surface area contributed by atoms with Crippen LogP contribution < -0.4 is 10.1 Å². The van der Waals surface area contributed by atoms with Crippen molar-refractivity contribution >= 4 is 17.7 Å². The van der Waals surface area contributed by atoms with E-state index in [1.165, 1.54) is 12.8 Å². The van der Waals surface area contributed by atoms with Gasteiger partial charge in [-0.3, -0.25) is 0 Å². The van der Waals surface area contributed by atoms with Gasteiger partial charge in [0, 0.05) is 17.7 Å². The van der Waals surface area contributed by atoms with Gasteiger partial charge in [-0.15, -0.1) is 0 Å². The Bertz CT molecular complexity index is 528. The molecule has 0 aliphatic heterocycles. The largest absolute Gasteiger partial charge is 0.412 e. The second-order valence-electron chi connectivity index (χ2n) is 7.20. The van der Waals surface area contributed by atoms with Gasteiger partial charge in [0.25, 0.3) is 0 Å². The maximum Gasteiger partial charge on any atom is 0.412 e. The van der Waals surface area contributed by atoms with Crippen LogP contribution in [0.25, 0.3) is 0 Å². The molecule has 0 atom stereocenters. The SMILES string of the molecule is CN(C)CCCCCOC1CCC(NC(=O)Oc2ccc(Cl)cc2)CC1. The average molecular weight is 383 g/mol. The van der Waals surface area contributed by atoms with E-state index in [1.807, 2.05) is 0 Å². The van der Waals surface area contributed by atoms with E-state index < -0.39 is 6.09 Å². The number of ether oxygens (including phenoxy) is 2. The highest BCUT2D eigenvalue weighted by atomic mass is 35.5. The van der Waals surface area contributed by atoms with Crippen molar-refractivity contribution in [2.24, 2.45) is 0 Å². The topological polar surface area (TPSA) is 50.8 Å². The first-order valence-corrected chi connectivity index (χ1v) is 9.91. The Kier molecular flexibility index (Phi) is 9.23. The molecule has 5 nitrogen and oxygen atoms in total. The average Bonchev–Trinajstić information content (AvgIpc) is 2.61. The monoisotopic (exact) mass is 382 g/mol. The van der Waals surface area contributed by atoms with E-state index in [0.29, 0.717) is 16.9 Å². The van der Waals surface area contributed by atoms with E-state index in [-0.39, 0.29) is 6.04 Å². The third-order valence-electron chi connectivity index (χ3n) is 4.62. The smallest absolute Gasteiger partial charge is 0.410 e. The van der Waals surface area contributed by atoms with Gasteiger partial charge in [0.2, 0.25) is 0 Å². The molecule has 0 heterocycles. The lowest BCUT2D eigenvalue weighted by atomic mass is 9.93. The van der Waals surface area contributed by atoms with Crippen molar-refractivity contribution in [1.82, 2.24) is 10.2 Å². The molecule has 1 aliphatic rings. The van der Waals surface area contributed by atoms with Crippen LogP contribution in [0, 0.1) is 0 Å². The Hall–Kier alpha value is -1.30. The molecule has 0 spiro atoms. The molecule has 1 amide bonds. The molecule has 2 rings (SSSR count). The highest BCUT2D eigenvalue weighted by Gasteiger charge is 2.23. The molecule has 0 aromatic heterocycles. The first-order valence-electron chi connectivity index (χ1n) is 9.53. The zero-order chi connectivity index (χ0) is 18.8. The van der Waals surface area contributed by atoms with Gasteiger partial charge in [0.15, 0.2) is 0 Å². The second kappa shape index (κ2) is 11.4. The summed E-state index contributed by atoms with van der Waals surface area (Å²) in [5.41, 5.74) is 0. The summed E-state index contributed by atoms with van der Waals surface area (Å²) >= 11 is 5.82. The van der Waals surface area contributed by atoms with Crippen LogP contribution in [0.2, 0.25) is 5.02 Å². The van der Waals surface area contributed by atoms with Crippen LogP contribution in [0.5, 0.6) is 5.75 Å². The standard InChI is InChI=1S/C20H31ClN2O3/c1-23(2)14-4-3-5-15-25-18-12-8-17(9-13-18)22-20(24)26-19-10-6-16(21)7-11-19/h6-7,10-11,17-18H,3-5,8-9,12-15H2,1-2H3,(H,22,24). The quantitative estimate of drug-likeness (QED) is 0.639.